The van der Waals surface area contributed by atoms with Gasteiger partial charge in [-0.25, -0.2) is 0 Å². The second kappa shape index (κ2) is 8.23. The first-order valence-corrected chi connectivity index (χ1v) is 4.91. The Bertz CT molecular complexity index is 206. The molecule has 0 aliphatic rings. The maximum atomic E-state index is 11.4. The van der Waals surface area contributed by atoms with Crippen LogP contribution in [0.25, 0.3) is 0 Å². The summed E-state index contributed by atoms with van der Waals surface area (Å²) < 4.78 is 9.32. The first kappa shape index (κ1) is 13.9. The van der Waals surface area contributed by atoms with Gasteiger partial charge in [0.05, 0.1) is 13.5 Å². The molecular weight excluding hydrogens is 198 g/mol. The van der Waals surface area contributed by atoms with E-state index in [-0.39, 0.29) is 18.3 Å². The largest absolute Gasteiger partial charge is 0.469 e. The Morgan fingerprint density at radius 2 is 1.87 bits per heavy atom. The molecule has 0 saturated carbocycles. The molecule has 0 heterocycles. The Morgan fingerprint density at radius 1 is 1.20 bits per heavy atom. The van der Waals surface area contributed by atoms with E-state index in [0.29, 0.717) is 26.0 Å². The van der Waals surface area contributed by atoms with E-state index in [2.05, 4.69) is 4.74 Å². The summed E-state index contributed by atoms with van der Waals surface area (Å²) in [4.78, 5) is 23.8. The SMILES string of the molecule is COCCCC(=O)N(C)CCC(=O)OC. The van der Waals surface area contributed by atoms with Gasteiger partial charge in [-0.3, -0.25) is 9.59 Å². The molecule has 0 aliphatic carbocycles. The Kier molecular flexibility index (Phi) is 7.62. The van der Waals surface area contributed by atoms with Gasteiger partial charge in [-0.1, -0.05) is 0 Å². The van der Waals surface area contributed by atoms with Crippen LogP contribution < -0.4 is 0 Å². The van der Waals surface area contributed by atoms with Crippen molar-refractivity contribution in [3.8, 4) is 0 Å². The fraction of sp³-hybridized carbons (Fsp3) is 0.800. The minimum absolute atomic E-state index is 0.0240. The zero-order valence-electron chi connectivity index (χ0n) is 9.62. The molecule has 0 atom stereocenters. The van der Waals surface area contributed by atoms with Crippen LogP contribution in [-0.2, 0) is 19.1 Å². The fourth-order valence-corrected chi connectivity index (χ4v) is 1.04. The molecule has 0 unspecified atom stereocenters. The normalized spacial score (nSPS) is 9.80. The number of esters is 1. The zero-order chi connectivity index (χ0) is 11.7. The monoisotopic (exact) mass is 217 g/mol. The molecule has 0 fully saturated rings. The summed E-state index contributed by atoms with van der Waals surface area (Å²) in [6.45, 7) is 0.981. The van der Waals surface area contributed by atoms with Crippen LogP contribution in [0, 0.1) is 0 Å². The third kappa shape index (κ3) is 6.90. The van der Waals surface area contributed by atoms with Crippen molar-refractivity contribution in [2.24, 2.45) is 0 Å². The van der Waals surface area contributed by atoms with E-state index in [1.807, 2.05) is 0 Å². The lowest BCUT2D eigenvalue weighted by Gasteiger charge is -2.16. The maximum Gasteiger partial charge on any atom is 0.307 e. The zero-order valence-corrected chi connectivity index (χ0v) is 9.62. The average molecular weight is 217 g/mol. The molecule has 5 heteroatoms. The number of hydrogen-bond donors (Lipinski definition) is 0. The molecule has 0 saturated heterocycles. The quantitative estimate of drug-likeness (QED) is 0.458. The van der Waals surface area contributed by atoms with E-state index in [4.69, 9.17) is 4.74 Å². The van der Waals surface area contributed by atoms with Crippen LogP contribution in [0.5, 0.6) is 0 Å². The number of nitrogens with zero attached hydrogens (tertiary/aromatic N) is 1. The molecule has 0 radical (unpaired) electrons. The Labute approximate surface area is 90.3 Å². The molecule has 88 valence electrons. The van der Waals surface area contributed by atoms with Crippen LogP contribution in [0.4, 0.5) is 0 Å². The fourth-order valence-electron chi connectivity index (χ4n) is 1.04. The Balaban J connectivity index is 3.64. The van der Waals surface area contributed by atoms with Crippen LogP contribution in [0.3, 0.4) is 0 Å². The number of methoxy groups -OCH3 is 2. The van der Waals surface area contributed by atoms with Gasteiger partial charge in [-0.05, 0) is 6.42 Å². The standard InChI is InChI=1S/C10H19NO4/c1-11(7-6-10(13)15-3)9(12)5-4-8-14-2/h4-8H2,1-3H3. The van der Waals surface area contributed by atoms with Crippen LogP contribution >= 0.6 is 0 Å². The molecule has 15 heavy (non-hydrogen) atoms. The number of rotatable bonds is 7. The highest BCUT2D eigenvalue weighted by molar-refractivity contribution is 5.76. The molecule has 5 nitrogen and oxygen atoms in total. The summed E-state index contributed by atoms with van der Waals surface area (Å²) in [7, 11) is 4.62. The Morgan fingerprint density at radius 3 is 2.40 bits per heavy atom. The van der Waals surface area contributed by atoms with Crippen LogP contribution in [0.2, 0.25) is 0 Å². The maximum absolute atomic E-state index is 11.4. The number of hydrogen-bond acceptors (Lipinski definition) is 4. The molecule has 0 bridgehead atoms. The van der Waals surface area contributed by atoms with E-state index in [1.54, 1.807) is 14.2 Å². The number of ether oxygens (including phenoxy) is 2. The Hall–Kier alpha value is -1.10. The van der Waals surface area contributed by atoms with Crippen molar-refractivity contribution in [1.82, 2.24) is 4.90 Å². The summed E-state index contributed by atoms with van der Waals surface area (Å²) in [5.74, 6) is -0.275. The van der Waals surface area contributed by atoms with Gasteiger partial charge in [-0.2, -0.15) is 0 Å². The van der Waals surface area contributed by atoms with Crippen molar-refractivity contribution in [2.45, 2.75) is 19.3 Å². The lowest BCUT2D eigenvalue weighted by molar-refractivity contribution is -0.141. The third-order valence-corrected chi connectivity index (χ3v) is 2.04. The minimum Gasteiger partial charge on any atom is -0.469 e. The highest BCUT2D eigenvalue weighted by atomic mass is 16.5. The molecule has 0 spiro atoms. The molecular formula is C10H19NO4. The van der Waals surface area contributed by atoms with E-state index < -0.39 is 0 Å². The predicted molar refractivity (Wildman–Crippen MR) is 55.4 cm³/mol. The highest BCUT2D eigenvalue weighted by Crippen LogP contribution is 1.97. The summed E-state index contributed by atoms with van der Waals surface area (Å²) in [6, 6.07) is 0. The average Bonchev–Trinajstić information content (AvgIpc) is 2.25. The molecule has 0 aromatic carbocycles. The summed E-state index contributed by atoms with van der Waals surface area (Å²) in [6.07, 6.45) is 1.40. The van der Waals surface area contributed by atoms with Gasteiger partial charge < -0.3 is 14.4 Å². The number of amides is 1. The molecule has 0 aromatic rings. The minimum atomic E-state index is -0.299. The smallest absolute Gasteiger partial charge is 0.307 e. The van der Waals surface area contributed by atoms with E-state index in [9.17, 15) is 9.59 Å². The van der Waals surface area contributed by atoms with Crippen LogP contribution in [-0.4, -0.2) is 51.2 Å². The van der Waals surface area contributed by atoms with Crippen molar-refractivity contribution in [3.63, 3.8) is 0 Å². The molecule has 0 aromatic heterocycles. The molecule has 1 amide bonds. The molecule has 0 N–H and O–H groups in total. The van der Waals surface area contributed by atoms with E-state index in [0.717, 1.165) is 0 Å². The summed E-state index contributed by atoms with van der Waals surface area (Å²) in [5, 5.41) is 0. The second-order valence-corrected chi connectivity index (χ2v) is 3.24. The van der Waals surface area contributed by atoms with E-state index in [1.165, 1.54) is 12.0 Å². The number of carbonyl (C=O) groups excluding carboxylic acids is 2. The lowest BCUT2D eigenvalue weighted by atomic mass is 10.3. The third-order valence-electron chi connectivity index (χ3n) is 2.04. The predicted octanol–water partition coefficient (Wildman–Crippen LogP) is 0.434. The van der Waals surface area contributed by atoms with Crippen molar-refractivity contribution < 1.29 is 19.1 Å². The van der Waals surface area contributed by atoms with Gasteiger partial charge in [0.15, 0.2) is 0 Å². The van der Waals surface area contributed by atoms with Crippen molar-refractivity contribution in [3.05, 3.63) is 0 Å². The van der Waals surface area contributed by atoms with Crippen LogP contribution in [0.1, 0.15) is 19.3 Å². The van der Waals surface area contributed by atoms with Gasteiger partial charge in [0.25, 0.3) is 0 Å². The van der Waals surface area contributed by atoms with Crippen LogP contribution in [0.15, 0.2) is 0 Å². The first-order valence-electron chi connectivity index (χ1n) is 4.91. The molecule has 0 rings (SSSR count). The van der Waals surface area contributed by atoms with Crippen molar-refractivity contribution in [1.29, 1.82) is 0 Å². The topological polar surface area (TPSA) is 55.8 Å². The summed E-state index contributed by atoms with van der Waals surface area (Å²) >= 11 is 0. The second-order valence-electron chi connectivity index (χ2n) is 3.24. The van der Waals surface area contributed by atoms with Gasteiger partial charge in [0.2, 0.25) is 5.91 Å². The van der Waals surface area contributed by atoms with E-state index >= 15 is 0 Å². The van der Waals surface area contributed by atoms with Gasteiger partial charge in [-0.15, -0.1) is 0 Å². The van der Waals surface area contributed by atoms with Crippen molar-refractivity contribution >= 4 is 11.9 Å². The highest BCUT2D eigenvalue weighted by Gasteiger charge is 2.10. The summed E-state index contributed by atoms with van der Waals surface area (Å²) in [5.41, 5.74) is 0. The van der Waals surface area contributed by atoms with Gasteiger partial charge in [0.1, 0.15) is 0 Å². The molecule has 0 aliphatic heterocycles. The lowest BCUT2D eigenvalue weighted by Crippen LogP contribution is -2.29. The number of carbonyl (C=O) groups is 2. The van der Waals surface area contributed by atoms with Crippen molar-refractivity contribution in [2.75, 3.05) is 34.4 Å². The first-order chi connectivity index (χ1) is 7.11. The van der Waals surface area contributed by atoms with Gasteiger partial charge >= 0.3 is 5.97 Å². The van der Waals surface area contributed by atoms with Gasteiger partial charge in [0, 0.05) is 33.7 Å².